The first-order valence-corrected chi connectivity index (χ1v) is 7.90. The van der Waals surface area contributed by atoms with Gasteiger partial charge in [-0.1, -0.05) is 30.3 Å². The van der Waals surface area contributed by atoms with Crippen molar-refractivity contribution in [2.75, 3.05) is 7.11 Å². The molecule has 8 heteroatoms. The molecule has 0 atom stereocenters. The molecule has 0 spiro atoms. The number of aliphatic imine (C=N–C) groups is 1. The quantitative estimate of drug-likeness (QED) is 0.193. The van der Waals surface area contributed by atoms with E-state index < -0.39 is 0 Å². The highest BCUT2D eigenvalue weighted by Crippen LogP contribution is 2.17. The highest BCUT2D eigenvalue weighted by Gasteiger charge is 2.04. The van der Waals surface area contributed by atoms with E-state index in [1.165, 1.54) is 13.3 Å². The van der Waals surface area contributed by atoms with E-state index in [0.717, 1.165) is 16.5 Å². The molecule has 3 aromatic rings. The van der Waals surface area contributed by atoms with Crippen LogP contribution in [0.1, 0.15) is 21.7 Å². The molecule has 3 N–H and O–H groups in total. The van der Waals surface area contributed by atoms with Gasteiger partial charge >= 0.3 is 5.97 Å². The van der Waals surface area contributed by atoms with Crippen molar-refractivity contribution in [3.8, 4) is 0 Å². The normalized spacial score (nSPS) is 11.4. The number of methoxy groups -OCH3 is 1. The van der Waals surface area contributed by atoms with Crippen molar-refractivity contribution in [2.24, 2.45) is 15.8 Å². The standard InChI is InChI=1S/C19H18N4O3.HI/c1-25-18(24)14-8-6-13(7-9-14)11-21-19(20)23-22-12-16-10-15-4-2-3-5-17(15)26-16;/h2-10,12H,11H2,1H3,(H3,20,21,23);1H. The summed E-state index contributed by atoms with van der Waals surface area (Å²) >= 11 is 0. The van der Waals surface area contributed by atoms with Crippen LogP contribution in [-0.2, 0) is 11.3 Å². The van der Waals surface area contributed by atoms with E-state index in [9.17, 15) is 4.79 Å². The molecule has 0 saturated carbocycles. The summed E-state index contributed by atoms with van der Waals surface area (Å²) in [5, 5.41) is 5.02. The summed E-state index contributed by atoms with van der Waals surface area (Å²) in [6.07, 6.45) is 1.54. The number of nitrogens with one attached hydrogen (secondary N) is 1. The molecule has 0 radical (unpaired) electrons. The fourth-order valence-electron chi connectivity index (χ4n) is 2.30. The number of hydrazone groups is 1. The lowest BCUT2D eigenvalue weighted by atomic mass is 10.1. The number of hydrogen-bond donors (Lipinski definition) is 2. The summed E-state index contributed by atoms with van der Waals surface area (Å²) in [6.45, 7) is 0.362. The van der Waals surface area contributed by atoms with Crippen LogP contribution >= 0.6 is 24.0 Å². The zero-order valence-electron chi connectivity index (χ0n) is 14.6. The topological polar surface area (TPSA) is 102 Å². The second kappa shape index (κ2) is 9.72. The molecule has 3 rings (SSSR count). The summed E-state index contributed by atoms with van der Waals surface area (Å²) in [4.78, 5) is 15.6. The lowest BCUT2D eigenvalue weighted by molar-refractivity contribution is 0.0600. The van der Waals surface area contributed by atoms with Gasteiger partial charge in [-0.15, -0.1) is 24.0 Å². The molecule has 0 amide bonds. The molecule has 0 saturated heterocycles. The molecular weight excluding hydrogens is 459 g/mol. The third kappa shape index (κ3) is 5.55. The van der Waals surface area contributed by atoms with Gasteiger partial charge in [0.15, 0.2) is 0 Å². The Morgan fingerprint density at radius 2 is 1.96 bits per heavy atom. The van der Waals surface area contributed by atoms with Gasteiger partial charge < -0.3 is 14.9 Å². The van der Waals surface area contributed by atoms with Crippen molar-refractivity contribution >= 4 is 53.1 Å². The van der Waals surface area contributed by atoms with Gasteiger partial charge in [-0.3, -0.25) is 0 Å². The Morgan fingerprint density at radius 1 is 1.22 bits per heavy atom. The largest absolute Gasteiger partial charge is 0.465 e. The second-order valence-corrected chi connectivity index (χ2v) is 5.45. The molecular formula is C19H19IN4O3. The molecule has 1 aromatic heterocycles. The Balaban J connectivity index is 0.00000261. The fourth-order valence-corrected chi connectivity index (χ4v) is 2.30. The van der Waals surface area contributed by atoms with Crippen molar-refractivity contribution in [1.29, 1.82) is 0 Å². The SMILES string of the molecule is COC(=O)c1ccc(CN=C(N)NN=Cc2cc3ccccc3o2)cc1.I. The Bertz CT molecular complexity index is 932. The highest BCUT2D eigenvalue weighted by molar-refractivity contribution is 14.0. The van der Waals surface area contributed by atoms with Crippen LogP contribution in [0, 0.1) is 0 Å². The van der Waals surface area contributed by atoms with E-state index in [2.05, 4.69) is 20.3 Å². The molecule has 0 bridgehead atoms. The van der Waals surface area contributed by atoms with Crippen LogP contribution in [0.2, 0.25) is 0 Å². The molecule has 140 valence electrons. The first kappa shape index (κ1) is 20.4. The maximum absolute atomic E-state index is 11.4. The van der Waals surface area contributed by atoms with E-state index in [4.69, 9.17) is 10.2 Å². The number of nitrogens with zero attached hydrogens (tertiary/aromatic N) is 2. The van der Waals surface area contributed by atoms with E-state index >= 15 is 0 Å². The van der Waals surface area contributed by atoms with E-state index in [-0.39, 0.29) is 35.9 Å². The maximum atomic E-state index is 11.4. The maximum Gasteiger partial charge on any atom is 0.337 e. The van der Waals surface area contributed by atoms with Gasteiger partial charge in [0.1, 0.15) is 11.3 Å². The summed E-state index contributed by atoms with van der Waals surface area (Å²) in [7, 11) is 1.35. The zero-order valence-corrected chi connectivity index (χ0v) is 16.9. The number of halogens is 1. The molecule has 0 aliphatic carbocycles. The molecule has 0 aliphatic rings. The number of guanidine groups is 1. The minimum Gasteiger partial charge on any atom is -0.465 e. The van der Waals surface area contributed by atoms with Crippen molar-refractivity contribution in [2.45, 2.75) is 6.54 Å². The average Bonchev–Trinajstić information content (AvgIpc) is 3.09. The van der Waals surface area contributed by atoms with Crippen LogP contribution in [-0.4, -0.2) is 25.3 Å². The Kier molecular flexibility index (Phi) is 7.35. The molecule has 2 aromatic carbocycles. The highest BCUT2D eigenvalue weighted by atomic mass is 127. The fraction of sp³-hybridized carbons (Fsp3) is 0.105. The number of fused-ring (bicyclic) bond motifs is 1. The van der Waals surface area contributed by atoms with E-state index in [1.807, 2.05) is 30.3 Å². The summed E-state index contributed by atoms with van der Waals surface area (Å²) in [6, 6.07) is 16.5. The van der Waals surface area contributed by atoms with Crippen molar-refractivity contribution in [3.63, 3.8) is 0 Å². The Morgan fingerprint density at radius 3 is 2.67 bits per heavy atom. The lowest BCUT2D eigenvalue weighted by Gasteiger charge is -2.02. The van der Waals surface area contributed by atoms with Crippen molar-refractivity contribution in [1.82, 2.24) is 5.43 Å². The minimum absolute atomic E-state index is 0. The number of carbonyl (C=O) groups excluding carboxylic acids is 1. The van der Waals surface area contributed by atoms with Gasteiger partial charge in [0.2, 0.25) is 5.96 Å². The monoisotopic (exact) mass is 478 g/mol. The number of ether oxygens (including phenoxy) is 1. The zero-order chi connectivity index (χ0) is 18.4. The van der Waals surface area contributed by atoms with Gasteiger partial charge in [-0.05, 0) is 29.8 Å². The summed E-state index contributed by atoms with van der Waals surface area (Å²) in [5.74, 6) is 0.417. The van der Waals surface area contributed by atoms with Crippen LogP contribution in [0.25, 0.3) is 11.0 Å². The third-order valence-corrected chi connectivity index (χ3v) is 3.62. The number of furan rings is 1. The number of rotatable bonds is 5. The molecule has 27 heavy (non-hydrogen) atoms. The number of nitrogens with two attached hydrogens (primary N) is 1. The van der Waals surface area contributed by atoms with E-state index in [0.29, 0.717) is 17.9 Å². The molecule has 0 aliphatic heterocycles. The van der Waals surface area contributed by atoms with Crippen LogP contribution in [0.4, 0.5) is 0 Å². The molecule has 7 nitrogen and oxygen atoms in total. The summed E-state index contributed by atoms with van der Waals surface area (Å²) < 4.78 is 10.3. The van der Waals surface area contributed by atoms with Crippen molar-refractivity contribution < 1.29 is 13.9 Å². The van der Waals surface area contributed by atoms with Gasteiger partial charge in [0.05, 0.1) is 25.4 Å². The Hall–Kier alpha value is -2.88. The van der Waals surface area contributed by atoms with Gasteiger partial charge in [0.25, 0.3) is 0 Å². The molecule has 0 fully saturated rings. The van der Waals surface area contributed by atoms with Crippen LogP contribution in [0.15, 0.2) is 69.1 Å². The van der Waals surface area contributed by atoms with Crippen molar-refractivity contribution in [3.05, 3.63) is 71.5 Å². The number of para-hydroxylation sites is 1. The minimum atomic E-state index is -0.374. The first-order chi connectivity index (χ1) is 12.7. The lowest BCUT2D eigenvalue weighted by Crippen LogP contribution is -2.27. The number of benzene rings is 2. The second-order valence-electron chi connectivity index (χ2n) is 5.45. The number of hydrogen-bond acceptors (Lipinski definition) is 5. The molecule has 1 heterocycles. The predicted octanol–water partition coefficient (Wildman–Crippen LogP) is 3.28. The van der Waals surface area contributed by atoms with Gasteiger partial charge in [-0.2, -0.15) is 5.10 Å². The van der Waals surface area contributed by atoms with Gasteiger partial charge in [0, 0.05) is 5.39 Å². The average molecular weight is 478 g/mol. The molecule has 0 unspecified atom stereocenters. The smallest absolute Gasteiger partial charge is 0.337 e. The van der Waals surface area contributed by atoms with Crippen LogP contribution < -0.4 is 11.2 Å². The van der Waals surface area contributed by atoms with Crippen LogP contribution in [0.5, 0.6) is 0 Å². The van der Waals surface area contributed by atoms with Gasteiger partial charge in [-0.25, -0.2) is 15.2 Å². The first-order valence-electron chi connectivity index (χ1n) is 7.90. The van der Waals surface area contributed by atoms with Crippen LogP contribution in [0.3, 0.4) is 0 Å². The number of carbonyl (C=O) groups is 1. The number of esters is 1. The summed E-state index contributed by atoms with van der Waals surface area (Å²) in [5.41, 5.74) is 10.6. The van der Waals surface area contributed by atoms with E-state index in [1.54, 1.807) is 24.3 Å². The predicted molar refractivity (Wildman–Crippen MR) is 115 cm³/mol. The third-order valence-electron chi connectivity index (χ3n) is 3.62. The Labute approximate surface area is 173 Å².